The second-order valence-corrected chi connectivity index (χ2v) is 7.45. The lowest BCUT2D eigenvalue weighted by Crippen LogP contribution is -2.46. The number of hydrogen-bond acceptors (Lipinski definition) is 3. The molecule has 1 fully saturated rings. The van der Waals surface area contributed by atoms with Gasteiger partial charge in [0.2, 0.25) is 5.91 Å². The van der Waals surface area contributed by atoms with E-state index in [9.17, 15) is 22.8 Å². The second kappa shape index (κ2) is 6.69. The predicted molar refractivity (Wildman–Crippen MR) is 85.9 cm³/mol. The molecule has 2 amide bonds. The van der Waals surface area contributed by atoms with E-state index in [1.807, 2.05) is 20.8 Å². The molecule has 1 aliphatic heterocycles. The molecule has 1 aliphatic rings. The number of rotatable bonds is 3. The molecule has 0 aliphatic carbocycles. The quantitative estimate of drug-likeness (QED) is 0.795. The summed E-state index contributed by atoms with van der Waals surface area (Å²) in [5.74, 6) is -0.892. The molecule has 1 aromatic rings. The summed E-state index contributed by atoms with van der Waals surface area (Å²) >= 11 is 0. The Hall–Kier alpha value is -2.05. The maximum absolute atomic E-state index is 12.8. The molecule has 0 spiro atoms. The minimum absolute atomic E-state index is 0.0665. The maximum Gasteiger partial charge on any atom is 0.416 e. The van der Waals surface area contributed by atoms with Crippen LogP contribution in [-0.4, -0.2) is 29.5 Å². The first-order chi connectivity index (χ1) is 11.4. The lowest BCUT2D eigenvalue weighted by molar-refractivity contribution is -0.137. The smallest absolute Gasteiger partial charge is 0.416 e. The Bertz CT molecular complexity index is 664. The van der Waals surface area contributed by atoms with E-state index in [0.29, 0.717) is 5.56 Å². The van der Waals surface area contributed by atoms with Gasteiger partial charge in [0.05, 0.1) is 11.6 Å². The van der Waals surface area contributed by atoms with Crippen LogP contribution >= 0.6 is 0 Å². The average Bonchev–Trinajstić information content (AvgIpc) is 2.88. The van der Waals surface area contributed by atoms with Crippen molar-refractivity contribution in [2.24, 2.45) is 5.41 Å². The van der Waals surface area contributed by atoms with E-state index in [1.54, 1.807) is 13.0 Å². The van der Waals surface area contributed by atoms with Crippen LogP contribution < -0.4 is 0 Å². The number of halogens is 3. The summed E-state index contributed by atoms with van der Waals surface area (Å²) in [6.07, 6.45) is -5.19. The molecule has 2 rings (SSSR count). The van der Waals surface area contributed by atoms with Crippen LogP contribution in [0.4, 0.5) is 18.0 Å². The van der Waals surface area contributed by atoms with E-state index in [-0.39, 0.29) is 24.5 Å². The Balaban J connectivity index is 2.16. The van der Waals surface area contributed by atoms with E-state index in [2.05, 4.69) is 0 Å². The third-order valence-corrected chi connectivity index (χ3v) is 4.41. The molecule has 4 nitrogen and oxygen atoms in total. The second-order valence-electron chi connectivity index (χ2n) is 7.45. The molecular weight excluding hydrogens is 335 g/mol. The van der Waals surface area contributed by atoms with Gasteiger partial charge in [0.1, 0.15) is 6.61 Å². The topological polar surface area (TPSA) is 46.6 Å². The van der Waals surface area contributed by atoms with Gasteiger partial charge in [0, 0.05) is 6.42 Å². The first kappa shape index (κ1) is 19.3. The van der Waals surface area contributed by atoms with E-state index >= 15 is 0 Å². The molecular formula is C18H22F3NO3. The van der Waals surface area contributed by atoms with Gasteiger partial charge in [-0.15, -0.1) is 0 Å². The van der Waals surface area contributed by atoms with Crippen molar-refractivity contribution < 1.29 is 27.5 Å². The van der Waals surface area contributed by atoms with Crippen LogP contribution in [-0.2, 0) is 15.7 Å². The largest absolute Gasteiger partial charge is 0.447 e. The molecule has 138 valence electrons. The van der Waals surface area contributed by atoms with Crippen LogP contribution in [0.1, 0.15) is 51.2 Å². The lowest BCUT2D eigenvalue weighted by atomic mass is 9.86. The molecule has 1 heterocycles. The monoisotopic (exact) mass is 357 g/mol. The summed E-state index contributed by atoms with van der Waals surface area (Å²) < 4.78 is 43.5. The van der Waals surface area contributed by atoms with Gasteiger partial charge in [0.15, 0.2) is 0 Å². The van der Waals surface area contributed by atoms with E-state index < -0.39 is 29.7 Å². The highest BCUT2D eigenvalue weighted by molar-refractivity contribution is 5.94. The van der Waals surface area contributed by atoms with Gasteiger partial charge in [-0.1, -0.05) is 45.9 Å². The summed E-state index contributed by atoms with van der Waals surface area (Å²) in [5, 5.41) is 0. The zero-order chi connectivity index (χ0) is 19.0. The number of carbonyl (C=O) groups is 2. The highest BCUT2D eigenvalue weighted by Crippen LogP contribution is 2.33. The van der Waals surface area contributed by atoms with Crippen LogP contribution in [0.3, 0.4) is 0 Å². The zero-order valence-electron chi connectivity index (χ0n) is 14.7. The van der Waals surface area contributed by atoms with Crippen molar-refractivity contribution in [1.82, 2.24) is 4.90 Å². The highest BCUT2D eigenvalue weighted by atomic mass is 19.4. The fraction of sp³-hybridized carbons (Fsp3) is 0.556. The van der Waals surface area contributed by atoms with Crippen molar-refractivity contribution in [2.45, 2.75) is 52.3 Å². The standard InChI is InChI=1S/C18H22F3NO3/c1-11(12-6-5-7-13(9-12)18(19,20)21)8-15(23)22-14(17(2,3)4)10-25-16(22)24/h5-7,9,11,14H,8,10H2,1-4H3/t11-,14?/m1/s1. The van der Waals surface area contributed by atoms with Gasteiger partial charge >= 0.3 is 12.3 Å². The molecule has 0 saturated carbocycles. The first-order valence-corrected chi connectivity index (χ1v) is 8.07. The average molecular weight is 357 g/mol. The fourth-order valence-corrected chi connectivity index (χ4v) is 2.83. The van der Waals surface area contributed by atoms with Crippen molar-refractivity contribution in [2.75, 3.05) is 6.61 Å². The summed E-state index contributed by atoms with van der Waals surface area (Å²) in [5.41, 5.74) is -0.693. The molecule has 0 radical (unpaired) electrons. The highest BCUT2D eigenvalue weighted by Gasteiger charge is 2.44. The zero-order valence-corrected chi connectivity index (χ0v) is 14.7. The maximum atomic E-state index is 12.8. The minimum atomic E-state index is -4.43. The number of hydrogen-bond donors (Lipinski definition) is 0. The summed E-state index contributed by atoms with van der Waals surface area (Å²) in [6, 6.07) is 4.52. The third kappa shape index (κ3) is 4.32. The van der Waals surface area contributed by atoms with Crippen LogP contribution in [0.25, 0.3) is 0 Å². The van der Waals surface area contributed by atoms with Crippen molar-refractivity contribution in [3.63, 3.8) is 0 Å². The van der Waals surface area contributed by atoms with Gasteiger partial charge < -0.3 is 4.74 Å². The van der Waals surface area contributed by atoms with Crippen molar-refractivity contribution >= 4 is 12.0 Å². The molecule has 1 unspecified atom stereocenters. The number of ether oxygens (including phenoxy) is 1. The van der Waals surface area contributed by atoms with Crippen LogP contribution in [0.5, 0.6) is 0 Å². The first-order valence-electron chi connectivity index (χ1n) is 8.07. The molecule has 25 heavy (non-hydrogen) atoms. The Kier molecular flexibility index (Phi) is 5.16. The summed E-state index contributed by atoms with van der Waals surface area (Å²) in [6.45, 7) is 7.50. The normalized spacial score (nSPS) is 19.7. The Labute approximate surface area is 144 Å². The van der Waals surface area contributed by atoms with Crippen molar-refractivity contribution in [1.29, 1.82) is 0 Å². The van der Waals surface area contributed by atoms with Gasteiger partial charge in [-0.25, -0.2) is 9.69 Å². The Morgan fingerprint density at radius 2 is 1.96 bits per heavy atom. The number of amides is 2. The molecule has 1 saturated heterocycles. The molecule has 2 atom stereocenters. The molecule has 1 aromatic carbocycles. The van der Waals surface area contributed by atoms with Crippen LogP contribution in [0.2, 0.25) is 0 Å². The van der Waals surface area contributed by atoms with Gasteiger partial charge in [-0.2, -0.15) is 13.2 Å². The SMILES string of the molecule is C[C@H](CC(=O)N1C(=O)OCC1C(C)(C)C)c1cccc(C(F)(F)F)c1. The van der Waals surface area contributed by atoms with Crippen molar-refractivity contribution in [3.8, 4) is 0 Å². The van der Waals surface area contributed by atoms with Gasteiger partial charge in [-0.3, -0.25) is 4.79 Å². The Morgan fingerprint density at radius 1 is 1.32 bits per heavy atom. The fourth-order valence-electron chi connectivity index (χ4n) is 2.83. The number of cyclic esters (lactones) is 1. The van der Waals surface area contributed by atoms with E-state index in [0.717, 1.165) is 17.0 Å². The molecule has 0 N–H and O–H groups in total. The number of benzene rings is 1. The Morgan fingerprint density at radius 3 is 2.52 bits per heavy atom. The number of carbonyl (C=O) groups excluding carboxylic acids is 2. The van der Waals surface area contributed by atoms with Gasteiger partial charge in [0.25, 0.3) is 0 Å². The summed E-state index contributed by atoms with van der Waals surface area (Å²) in [4.78, 5) is 25.6. The van der Waals surface area contributed by atoms with Crippen LogP contribution in [0, 0.1) is 5.41 Å². The predicted octanol–water partition coefficient (Wildman–Crippen LogP) is 4.59. The van der Waals surface area contributed by atoms with Crippen LogP contribution in [0.15, 0.2) is 24.3 Å². The van der Waals surface area contributed by atoms with E-state index in [4.69, 9.17) is 4.74 Å². The van der Waals surface area contributed by atoms with E-state index in [1.165, 1.54) is 6.07 Å². The molecule has 0 bridgehead atoms. The number of imide groups is 1. The number of nitrogens with zero attached hydrogens (tertiary/aromatic N) is 1. The van der Waals surface area contributed by atoms with Crippen molar-refractivity contribution in [3.05, 3.63) is 35.4 Å². The summed E-state index contributed by atoms with van der Waals surface area (Å²) in [7, 11) is 0. The van der Waals surface area contributed by atoms with Gasteiger partial charge in [-0.05, 0) is 23.0 Å². The number of alkyl halides is 3. The minimum Gasteiger partial charge on any atom is -0.447 e. The molecule has 0 aromatic heterocycles. The lowest BCUT2D eigenvalue weighted by Gasteiger charge is -2.31. The third-order valence-electron chi connectivity index (χ3n) is 4.41. The molecule has 7 heteroatoms.